The van der Waals surface area contributed by atoms with Gasteiger partial charge in [-0.3, -0.25) is 0 Å². The van der Waals surface area contributed by atoms with Crippen molar-refractivity contribution in [3.8, 4) is 33.8 Å². The molecule has 0 aliphatic heterocycles. The molecular weight excluding hydrogens is 552 g/mol. The topological polar surface area (TPSA) is 93.1 Å². The largest absolute Gasteiger partial charge is 0.508 e. The Bertz CT molecular complexity index is 1590. The molecule has 0 aliphatic carbocycles. The van der Waals surface area contributed by atoms with Gasteiger partial charge in [-0.05, 0) is 97.2 Å². The van der Waals surface area contributed by atoms with Gasteiger partial charge in [-0.1, -0.05) is 86.0 Å². The maximum atomic E-state index is 11.7. The zero-order chi connectivity index (χ0) is 31.9. The van der Waals surface area contributed by atoms with E-state index in [1.807, 2.05) is 60.7 Å². The second-order valence-electron chi connectivity index (χ2n) is 10.5. The summed E-state index contributed by atoms with van der Waals surface area (Å²) in [5.41, 5.74) is 7.20. The van der Waals surface area contributed by atoms with E-state index in [0.717, 1.165) is 53.5 Å². The molecule has 0 saturated heterocycles. The quantitative estimate of drug-likeness (QED) is 0.0753. The van der Waals surface area contributed by atoms with Gasteiger partial charge >= 0.3 is 11.9 Å². The molecule has 0 spiro atoms. The number of carbonyl (C=O) groups is 2. The fourth-order valence-electron chi connectivity index (χ4n) is 4.28. The highest BCUT2D eigenvalue weighted by molar-refractivity contribution is 5.89. The van der Waals surface area contributed by atoms with Crippen LogP contribution in [0.1, 0.15) is 37.8 Å². The molecule has 0 atom stereocenters. The molecule has 0 aliphatic rings. The van der Waals surface area contributed by atoms with Gasteiger partial charge in [-0.25, -0.2) is 9.59 Å². The molecule has 0 heterocycles. The average molecular weight is 593 g/mol. The Morgan fingerprint density at radius 1 is 0.659 bits per heavy atom. The molecule has 0 unspecified atom stereocenters. The monoisotopic (exact) mass is 592 g/mol. The van der Waals surface area contributed by atoms with Crippen LogP contribution in [0.5, 0.6) is 11.5 Å². The smallest absolute Gasteiger partial charge is 0.338 e. The zero-order valence-corrected chi connectivity index (χ0v) is 25.4. The average Bonchev–Trinajstić information content (AvgIpc) is 3.02. The Morgan fingerprint density at radius 2 is 1.16 bits per heavy atom. The van der Waals surface area contributed by atoms with Crippen LogP contribution < -0.4 is 4.74 Å². The first-order chi connectivity index (χ1) is 21.2. The molecule has 0 saturated carbocycles. The minimum Gasteiger partial charge on any atom is -0.508 e. The third kappa shape index (κ3) is 11.0. The predicted molar refractivity (Wildman–Crippen MR) is 175 cm³/mol. The fourth-order valence-corrected chi connectivity index (χ4v) is 4.28. The summed E-state index contributed by atoms with van der Waals surface area (Å²) in [5.74, 6) is -0.0315. The minimum absolute atomic E-state index is 0.219. The van der Waals surface area contributed by atoms with E-state index in [9.17, 15) is 14.7 Å². The number of aliphatic hydroxyl groups excluding tert-OH is 1. The zero-order valence-electron chi connectivity index (χ0n) is 25.4. The summed E-state index contributed by atoms with van der Waals surface area (Å²) in [4.78, 5) is 23.1. The summed E-state index contributed by atoms with van der Waals surface area (Å²) >= 11 is 0. The number of aryl methyl sites for hydroxylation is 2. The van der Waals surface area contributed by atoms with E-state index in [0.29, 0.717) is 23.5 Å². The van der Waals surface area contributed by atoms with Crippen LogP contribution in [0.25, 0.3) is 22.3 Å². The van der Waals surface area contributed by atoms with Crippen LogP contribution in [0.15, 0.2) is 121 Å². The lowest BCUT2D eigenvalue weighted by atomic mass is 10.0. The summed E-state index contributed by atoms with van der Waals surface area (Å²) in [5, 5.41) is 18.3. The van der Waals surface area contributed by atoms with Crippen LogP contribution >= 0.6 is 0 Å². The summed E-state index contributed by atoms with van der Waals surface area (Å²) in [6, 6.07) is 30.9. The number of esters is 2. The maximum Gasteiger partial charge on any atom is 0.338 e. The highest BCUT2D eigenvalue weighted by atomic mass is 16.5. The SMILES string of the molecule is C=C(C)C(=O)OCCCc1cccc(-c2cccc(OC(=O)C(=C)C)c2)c1.OCCCc1cccc(-c2cccc(O)c2)c1. The summed E-state index contributed by atoms with van der Waals surface area (Å²) in [6.45, 7) is 11.0. The highest BCUT2D eigenvalue weighted by Crippen LogP contribution is 2.26. The second kappa shape index (κ2) is 17.2. The first-order valence-corrected chi connectivity index (χ1v) is 14.5. The molecule has 2 N–H and O–H groups in total. The number of hydrogen-bond donors (Lipinski definition) is 2. The minimum atomic E-state index is -0.440. The number of phenolic OH excluding ortho intramolecular Hbond substituents is 1. The van der Waals surface area contributed by atoms with Gasteiger partial charge in [0.1, 0.15) is 11.5 Å². The van der Waals surface area contributed by atoms with E-state index in [2.05, 4.69) is 31.4 Å². The molecule has 0 bridgehead atoms. The predicted octanol–water partition coefficient (Wildman–Crippen LogP) is 7.87. The van der Waals surface area contributed by atoms with E-state index in [1.165, 1.54) is 5.56 Å². The van der Waals surface area contributed by atoms with Crippen molar-refractivity contribution in [2.24, 2.45) is 0 Å². The van der Waals surface area contributed by atoms with Gasteiger partial charge in [-0.2, -0.15) is 0 Å². The van der Waals surface area contributed by atoms with E-state index in [4.69, 9.17) is 14.6 Å². The van der Waals surface area contributed by atoms with E-state index in [-0.39, 0.29) is 18.3 Å². The summed E-state index contributed by atoms with van der Waals surface area (Å²) in [6.07, 6.45) is 3.19. The molecule has 4 aromatic carbocycles. The Morgan fingerprint density at radius 3 is 1.70 bits per heavy atom. The first-order valence-electron chi connectivity index (χ1n) is 14.5. The Hall–Kier alpha value is -4.94. The lowest BCUT2D eigenvalue weighted by molar-refractivity contribution is -0.139. The van der Waals surface area contributed by atoms with Crippen molar-refractivity contribution in [2.45, 2.75) is 39.5 Å². The van der Waals surface area contributed by atoms with Crippen LogP contribution in [0.4, 0.5) is 0 Å². The molecule has 6 heteroatoms. The molecule has 0 radical (unpaired) electrons. The molecule has 4 rings (SSSR count). The normalized spacial score (nSPS) is 10.2. The Kier molecular flexibility index (Phi) is 13.2. The van der Waals surface area contributed by atoms with Crippen molar-refractivity contribution in [3.05, 3.63) is 132 Å². The van der Waals surface area contributed by atoms with Crippen molar-refractivity contribution in [1.29, 1.82) is 0 Å². The number of aromatic hydroxyl groups is 1. The van der Waals surface area contributed by atoms with Crippen molar-refractivity contribution in [1.82, 2.24) is 0 Å². The molecule has 0 amide bonds. The van der Waals surface area contributed by atoms with Crippen molar-refractivity contribution in [3.63, 3.8) is 0 Å². The molecule has 0 fully saturated rings. The number of benzene rings is 4. The van der Waals surface area contributed by atoms with Gasteiger partial charge in [0.05, 0.1) is 6.61 Å². The van der Waals surface area contributed by atoms with Crippen LogP contribution in [-0.2, 0) is 27.2 Å². The third-order valence-electron chi connectivity index (χ3n) is 6.57. The van der Waals surface area contributed by atoms with Crippen LogP contribution in [0.2, 0.25) is 0 Å². The molecule has 228 valence electrons. The second-order valence-corrected chi connectivity index (χ2v) is 10.5. The van der Waals surface area contributed by atoms with Crippen molar-refractivity contribution >= 4 is 11.9 Å². The summed E-state index contributed by atoms with van der Waals surface area (Å²) < 4.78 is 10.4. The van der Waals surface area contributed by atoms with Crippen molar-refractivity contribution < 1.29 is 29.3 Å². The number of carbonyl (C=O) groups excluding carboxylic acids is 2. The number of ether oxygens (including phenoxy) is 2. The maximum absolute atomic E-state index is 11.7. The van der Waals surface area contributed by atoms with Crippen LogP contribution in [0, 0.1) is 0 Å². The Labute approximate surface area is 259 Å². The lowest BCUT2D eigenvalue weighted by Crippen LogP contribution is -2.08. The highest BCUT2D eigenvalue weighted by Gasteiger charge is 2.08. The van der Waals surface area contributed by atoms with E-state index in [1.54, 1.807) is 32.0 Å². The van der Waals surface area contributed by atoms with Crippen LogP contribution in [0.3, 0.4) is 0 Å². The van der Waals surface area contributed by atoms with Gasteiger partial charge in [0.25, 0.3) is 0 Å². The van der Waals surface area contributed by atoms with Gasteiger partial charge in [-0.15, -0.1) is 0 Å². The lowest BCUT2D eigenvalue weighted by Gasteiger charge is -2.09. The number of phenols is 1. The summed E-state index contributed by atoms with van der Waals surface area (Å²) in [7, 11) is 0. The molecule has 44 heavy (non-hydrogen) atoms. The van der Waals surface area contributed by atoms with Gasteiger partial charge < -0.3 is 19.7 Å². The molecule has 6 nitrogen and oxygen atoms in total. The fraction of sp³-hybridized carbons (Fsp3) is 0.211. The number of aliphatic hydroxyl groups is 1. The first kappa shape index (κ1) is 33.6. The molecule has 0 aromatic heterocycles. The van der Waals surface area contributed by atoms with Crippen molar-refractivity contribution in [2.75, 3.05) is 13.2 Å². The van der Waals surface area contributed by atoms with Gasteiger partial charge in [0, 0.05) is 17.8 Å². The van der Waals surface area contributed by atoms with E-state index < -0.39 is 5.97 Å². The van der Waals surface area contributed by atoms with E-state index >= 15 is 0 Å². The molecule has 4 aromatic rings. The van der Waals surface area contributed by atoms with Gasteiger partial charge in [0.15, 0.2) is 0 Å². The number of rotatable bonds is 12. The Balaban J connectivity index is 0.000000266. The third-order valence-corrected chi connectivity index (χ3v) is 6.57. The molecular formula is C38H40O6. The number of hydrogen-bond acceptors (Lipinski definition) is 6. The van der Waals surface area contributed by atoms with Gasteiger partial charge in [0.2, 0.25) is 0 Å². The van der Waals surface area contributed by atoms with Crippen LogP contribution in [-0.4, -0.2) is 35.4 Å². The standard InChI is InChI=1S/C23H24O4.C15H16O2/c1-16(2)22(24)26-13-7-9-18-8-5-10-19(14-18)20-11-6-12-21(15-20)27-23(25)17(3)4;16-9-3-5-12-4-1-6-13(10-12)14-7-2-8-15(17)11-14/h5-6,8,10-12,14-15H,1,3,7,9,13H2,2,4H3;1-2,4,6-8,10-11,16-17H,3,5,9H2.